The number of benzene rings is 2. The zero-order chi connectivity index (χ0) is 12.8. The van der Waals surface area contributed by atoms with E-state index in [2.05, 4.69) is 79.5 Å². The van der Waals surface area contributed by atoms with Gasteiger partial charge in [-0.2, -0.15) is 0 Å². The third kappa shape index (κ3) is 3.13. The molecule has 2 aromatic carbocycles. The molecule has 2 rings (SSSR count). The second-order valence-corrected chi connectivity index (χ2v) is 4.70. The van der Waals surface area contributed by atoms with Gasteiger partial charge in [0.15, 0.2) is 0 Å². The summed E-state index contributed by atoms with van der Waals surface area (Å²) in [5, 5.41) is 0. The smallest absolute Gasteiger partial charge is 0.0366 e. The van der Waals surface area contributed by atoms with Crippen LogP contribution in [0.5, 0.6) is 0 Å². The molecular formula is C17H21N. The molecule has 0 heterocycles. The Morgan fingerprint density at radius 2 is 1.44 bits per heavy atom. The van der Waals surface area contributed by atoms with Crippen LogP contribution in [0.2, 0.25) is 0 Å². The molecule has 0 amide bonds. The fraction of sp³-hybridized carbons (Fsp3) is 0.294. The summed E-state index contributed by atoms with van der Waals surface area (Å²) < 4.78 is 0. The van der Waals surface area contributed by atoms with Crippen molar-refractivity contribution in [2.24, 2.45) is 0 Å². The van der Waals surface area contributed by atoms with Crippen molar-refractivity contribution in [3.63, 3.8) is 0 Å². The van der Waals surface area contributed by atoms with Crippen LogP contribution in [0.15, 0.2) is 60.7 Å². The maximum absolute atomic E-state index is 2.38. The summed E-state index contributed by atoms with van der Waals surface area (Å²) in [6.07, 6.45) is 2.25. The second-order valence-electron chi connectivity index (χ2n) is 4.70. The Morgan fingerprint density at radius 1 is 0.889 bits per heavy atom. The predicted octanol–water partition coefficient (Wildman–Crippen LogP) is 4.14. The third-order valence-electron chi connectivity index (χ3n) is 3.50. The van der Waals surface area contributed by atoms with E-state index in [1.54, 1.807) is 0 Å². The van der Waals surface area contributed by atoms with Gasteiger partial charge in [0.2, 0.25) is 0 Å². The summed E-state index contributed by atoms with van der Waals surface area (Å²) >= 11 is 0. The van der Waals surface area contributed by atoms with Gasteiger partial charge in [0.1, 0.15) is 0 Å². The SMILES string of the molecule is CC[C@H](Cc1ccccc1)N(C)c1ccccc1. The highest BCUT2D eigenvalue weighted by molar-refractivity contribution is 5.46. The van der Waals surface area contributed by atoms with Crippen LogP contribution in [-0.2, 0) is 6.42 Å². The van der Waals surface area contributed by atoms with Gasteiger partial charge in [-0.25, -0.2) is 0 Å². The van der Waals surface area contributed by atoms with Crippen molar-refractivity contribution in [1.29, 1.82) is 0 Å². The Kier molecular flexibility index (Phi) is 4.40. The van der Waals surface area contributed by atoms with Gasteiger partial charge < -0.3 is 4.90 Å². The largest absolute Gasteiger partial charge is 0.371 e. The van der Waals surface area contributed by atoms with Gasteiger partial charge >= 0.3 is 0 Å². The predicted molar refractivity (Wildman–Crippen MR) is 79.1 cm³/mol. The zero-order valence-electron chi connectivity index (χ0n) is 11.2. The molecule has 0 bridgehead atoms. The first-order chi connectivity index (χ1) is 8.81. The van der Waals surface area contributed by atoms with Gasteiger partial charge in [0.05, 0.1) is 0 Å². The summed E-state index contributed by atoms with van der Waals surface area (Å²) in [6, 6.07) is 21.9. The zero-order valence-corrected chi connectivity index (χ0v) is 11.2. The Bertz CT molecular complexity index is 450. The van der Waals surface area contributed by atoms with E-state index in [4.69, 9.17) is 0 Å². The van der Waals surface area contributed by atoms with Crippen molar-refractivity contribution >= 4 is 5.69 Å². The number of hydrogen-bond acceptors (Lipinski definition) is 1. The van der Waals surface area contributed by atoms with Crippen molar-refractivity contribution in [2.45, 2.75) is 25.8 Å². The number of nitrogens with zero attached hydrogens (tertiary/aromatic N) is 1. The van der Waals surface area contributed by atoms with Crippen molar-refractivity contribution in [3.05, 3.63) is 66.2 Å². The molecule has 94 valence electrons. The first-order valence-corrected chi connectivity index (χ1v) is 6.63. The van der Waals surface area contributed by atoms with E-state index in [0.29, 0.717) is 6.04 Å². The van der Waals surface area contributed by atoms with Crippen molar-refractivity contribution in [1.82, 2.24) is 0 Å². The molecule has 0 unspecified atom stereocenters. The molecule has 0 fully saturated rings. The van der Waals surface area contributed by atoms with Gasteiger partial charge in [0, 0.05) is 18.8 Å². The van der Waals surface area contributed by atoms with Gasteiger partial charge in [-0.15, -0.1) is 0 Å². The molecule has 0 aliphatic rings. The molecule has 0 aromatic heterocycles. The van der Waals surface area contributed by atoms with Crippen molar-refractivity contribution in [2.75, 3.05) is 11.9 Å². The molecule has 0 aliphatic heterocycles. The Labute approximate surface area is 110 Å². The number of anilines is 1. The molecule has 1 atom stereocenters. The second kappa shape index (κ2) is 6.25. The number of likely N-dealkylation sites (N-methyl/N-ethyl adjacent to an activating group) is 1. The summed E-state index contributed by atoms with van der Waals surface area (Å²) in [5.74, 6) is 0. The molecule has 0 saturated carbocycles. The molecule has 2 aromatic rings. The molecule has 1 nitrogen and oxygen atoms in total. The van der Waals surface area contributed by atoms with Gasteiger partial charge in [0.25, 0.3) is 0 Å². The Hall–Kier alpha value is -1.76. The monoisotopic (exact) mass is 239 g/mol. The number of hydrogen-bond donors (Lipinski definition) is 0. The summed E-state index contributed by atoms with van der Waals surface area (Å²) in [5.41, 5.74) is 2.70. The fourth-order valence-electron chi connectivity index (χ4n) is 2.32. The van der Waals surface area contributed by atoms with E-state index >= 15 is 0 Å². The van der Waals surface area contributed by atoms with Crippen LogP contribution in [0.3, 0.4) is 0 Å². The van der Waals surface area contributed by atoms with Crippen LogP contribution >= 0.6 is 0 Å². The van der Waals surface area contributed by atoms with Crippen molar-refractivity contribution < 1.29 is 0 Å². The third-order valence-corrected chi connectivity index (χ3v) is 3.50. The standard InChI is InChI=1S/C17H21N/c1-3-16(14-15-10-6-4-7-11-15)18(2)17-12-8-5-9-13-17/h4-13,16H,3,14H2,1-2H3/t16-/m1/s1. The molecule has 0 saturated heterocycles. The minimum atomic E-state index is 0.551. The first-order valence-electron chi connectivity index (χ1n) is 6.63. The Morgan fingerprint density at radius 3 is 2.00 bits per heavy atom. The average Bonchev–Trinajstić information content (AvgIpc) is 2.46. The molecule has 0 N–H and O–H groups in total. The lowest BCUT2D eigenvalue weighted by Crippen LogP contribution is -2.32. The lowest BCUT2D eigenvalue weighted by Gasteiger charge is -2.29. The highest BCUT2D eigenvalue weighted by Gasteiger charge is 2.13. The number of para-hydroxylation sites is 1. The minimum Gasteiger partial charge on any atom is -0.371 e. The quantitative estimate of drug-likeness (QED) is 0.758. The van der Waals surface area contributed by atoms with E-state index < -0.39 is 0 Å². The van der Waals surface area contributed by atoms with Gasteiger partial charge in [-0.1, -0.05) is 55.5 Å². The summed E-state index contributed by atoms with van der Waals surface area (Å²) in [7, 11) is 2.19. The van der Waals surface area contributed by atoms with Gasteiger partial charge in [-0.05, 0) is 30.5 Å². The van der Waals surface area contributed by atoms with Crippen LogP contribution in [0, 0.1) is 0 Å². The van der Waals surface area contributed by atoms with Crippen LogP contribution < -0.4 is 4.90 Å². The van der Waals surface area contributed by atoms with Crippen LogP contribution in [0.25, 0.3) is 0 Å². The Balaban J connectivity index is 2.09. The molecule has 18 heavy (non-hydrogen) atoms. The van der Waals surface area contributed by atoms with Crippen molar-refractivity contribution in [3.8, 4) is 0 Å². The lowest BCUT2D eigenvalue weighted by atomic mass is 10.0. The van der Waals surface area contributed by atoms with E-state index in [1.165, 1.54) is 11.3 Å². The van der Waals surface area contributed by atoms with E-state index in [9.17, 15) is 0 Å². The van der Waals surface area contributed by atoms with Crippen LogP contribution in [-0.4, -0.2) is 13.1 Å². The molecule has 0 radical (unpaired) electrons. The molecule has 1 heteroatoms. The summed E-state index contributed by atoms with van der Waals surface area (Å²) in [6.45, 7) is 2.26. The van der Waals surface area contributed by atoms with E-state index in [0.717, 1.165) is 12.8 Å². The van der Waals surface area contributed by atoms with Gasteiger partial charge in [-0.3, -0.25) is 0 Å². The molecule has 0 aliphatic carbocycles. The maximum Gasteiger partial charge on any atom is 0.0366 e. The summed E-state index contributed by atoms with van der Waals surface area (Å²) in [4.78, 5) is 2.38. The maximum atomic E-state index is 2.38. The normalized spacial score (nSPS) is 12.1. The fourth-order valence-corrected chi connectivity index (χ4v) is 2.32. The average molecular weight is 239 g/mol. The van der Waals surface area contributed by atoms with Crippen LogP contribution in [0.1, 0.15) is 18.9 Å². The molecule has 0 spiro atoms. The lowest BCUT2D eigenvalue weighted by molar-refractivity contribution is 0.606. The topological polar surface area (TPSA) is 3.24 Å². The van der Waals surface area contributed by atoms with E-state index in [-0.39, 0.29) is 0 Å². The highest BCUT2D eigenvalue weighted by Crippen LogP contribution is 2.18. The molecular weight excluding hydrogens is 218 g/mol. The van der Waals surface area contributed by atoms with E-state index in [1.807, 2.05) is 0 Å². The first kappa shape index (κ1) is 12.7. The minimum absolute atomic E-state index is 0.551. The van der Waals surface area contributed by atoms with Crippen LogP contribution in [0.4, 0.5) is 5.69 Å². The number of rotatable bonds is 5. The highest BCUT2D eigenvalue weighted by atomic mass is 15.1.